The molecule has 2 aliphatic heterocycles. The predicted molar refractivity (Wildman–Crippen MR) is 116 cm³/mol. The lowest BCUT2D eigenvalue weighted by Gasteiger charge is -2.44. The van der Waals surface area contributed by atoms with Crippen LogP contribution in [-0.2, 0) is 28.8 Å². The van der Waals surface area contributed by atoms with Gasteiger partial charge in [0.15, 0.2) is 0 Å². The molecular weight excluding hydrogens is 444 g/mol. The zero-order valence-corrected chi connectivity index (χ0v) is 19.6. The molecule has 184 valence electrons. The highest BCUT2D eigenvalue weighted by Gasteiger charge is 2.70. The number of carboxylic acid groups (broad SMARTS) is 2. The monoisotopic (exact) mass is 474 g/mol. The molecule has 0 spiro atoms. The Morgan fingerprint density at radius 1 is 0.676 bits per heavy atom. The Morgan fingerprint density at radius 2 is 0.941 bits per heavy atom. The van der Waals surface area contributed by atoms with Crippen molar-refractivity contribution >= 4 is 35.6 Å². The molecule has 34 heavy (non-hydrogen) atoms. The minimum absolute atomic E-state index is 0.0795. The third-order valence-corrected chi connectivity index (χ3v) is 7.66. The van der Waals surface area contributed by atoms with E-state index < -0.39 is 83.2 Å². The highest BCUT2D eigenvalue weighted by molar-refractivity contribution is 6.13. The zero-order chi connectivity index (χ0) is 25.2. The van der Waals surface area contributed by atoms with E-state index in [0.29, 0.717) is 0 Å². The fourth-order valence-electron chi connectivity index (χ4n) is 6.41. The van der Waals surface area contributed by atoms with E-state index in [-0.39, 0.29) is 24.7 Å². The minimum Gasteiger partial charge on any atom is -0.480 e. The Bertz CT molecular complexity index is 879. The molecule has 0 aromatic carbocycles. The van der Waals surface area contributed by atoms with Crippen LogP contribution in [0, 0.1) is 47.3 Å². The molecule has 2 N–H and O–H groups in total. The van der Waals surface area contributed by atoms with Crippen LogP contribution in [0.4, 0.5) is 0 Å². The van der Waals surface area contributed by atoms with Crippen LogP contribution >= 0.6 is 0 Å². The van der Waals surface area contributed by atoms with Crippen LogP contribution < -0.4 is 0 Å². The maximum absolute atomic E-state index is 13.4. The standard InChI is InChI=1S/C24H30N2O8/c1-9(2)7-13(23(31)32)25-19(27)15-11-5-6-12(16(15)20(25)28)18-17(11)21(29)26(22(18)30)14(24(33)34)8-10(3)4/h5-6,9-18H,7-8H2,1-4H3,(H,31,32)(H,33,34)/t11?,12?,13-,14-,15-,16+,17+,18-/m0/s1. The van der Waals surface area contributed by atoms with Gasteiger partial charge in [0, 0.05) is 11.8 Å². The molecule has 5 rings (SSSR count). The van der Waals surface area contributed by atoms with Crippen molar-refractivity contribution in [3.05, 3.63) is 12.2 Å². The van der Waals surface area contributed by atoms with Gasteiger partial charge in [-0.05, 0) is 24.7 Å². The summed E-state index contributed by atoms with van der Waals surface area (Å²) in [6.45, 7) is 7.19. The van der Waals surface area contributed by atoms with Gasteiger partial charge in [-0.15, -0.1) is 0 Å². The first kappa shape index (κ1) is 24.1. The molecule has 3 aliphatic carbocycles. The van der Waals surface area contributed by atoms with Crippen molar-refractivity contribution in [2.45, 2.75) is 52.6 Å². The van der Waals surface area contributed by atoms with Gasteiger partial charge in [0.2, 0.25) is 23.6 Å². The van der Waals surface area contributed by atoms with Crippen molar-refractivity contribution in [1.82, 2.24) is 9.80 Å². The molecular formula is C24H30N2O8. The topological polar surface area (TPSA) is 149 Å². The van der Waals surface area contributed by atoms with Crippen molar-refractivity contribution in [2.75, 3.05) is 0 Å². The van der Waals surface area contributed by atoms with Crippen LogP contribution in [0.3, 0.4) is 0 Å². The summed E-state index contributed by atoms with van der Waals surface area (Å²) in [5.41, 5.74) is 0. The Labute approximate surface area is 196 Å². The summed E-state index contributed by atoms with van der Waals surface area (Å²) < 4.78 is 0. The van der Waals surface area contributed by atoms with Crippen LogP contribution in [0.25, 0.3) is 0 Å². The largest absolute Gasteiger partial charge is 0.480 e. The van der Waals surface area contributed by atoms with Gasteiger partial charge in [-0.3, -0.25) is 29.0 Å². The highest BCUT2D eigenvalue weighted by Crippen LogP contribution is 2.58. The van der Waals surface area contributed by atoms with E-state index in [1.807, 2.05) is 0 Å². The summed E-state index contributed by atoms with van der Waals surface area (Å²) in [7, 11) is 0. The quantitative estimate of drug-likeness (QED) is 0.391. The second-order valence-electron chi connectivity index (χ2n) is 10.7. The Balaban J connectivity index is 1.70. The number of carboxylic acids is 2. The molecule has 2 bridgehead atoms. The summed E-state index contributed by atoms with van der Waals surface area (Å²) in [5, 5.41) is 19.5. The third-order valence-electron chi connectivity index (χ3n) is 7.66. The summed E-state index contributed by atoms with van der Waals surface area (Å²) in [4.78, 5) is 79.2. The Kier molecular flexibility index (Phi) is 5.90. The number of aliphatic carboxylic acids is 2. The summed E-state index contributed by atoms with van der Waals surface area (Å²) in [5.74, 6) is -10.4. The molecule has 10 heteroatoms. The van der Waals surface area contributed by atoms with Crippen molar-refractivity contribution in [3.63, 3.8) is 0 Å². The number of likely N-dealkylation sites (tertiary alicyclic amines) is 2. The van der Waals surface area contributed by atoms with Crippen molar-refractivity contribution < 1.29 is 39.0 Å². The van der Waals surface area contributed by atoms with Gasteiger partial charge < -0.3 is 10.2 Å². The van der Waals surface area contributed by atoms with Crippen LogP contribution in [-0.4, -0.2) is 67.7 Å². The van der Waals surface area contributed by atoms with E-state index in [0.717, 1.165) is 9.80 Å². The predicted octanol–water partition coefficient (Wildman–Crippen LogP) is 1.00. The molecule has 0 aromatic heterocycles. The van der Waals surface area contributed by atoms with Crippen LogP contribution in [0.15, 0.2) is 12.2 Å². The second kappa shape index (κ2) is 8.32. The number of rotatable bonds is 8. The maximum Gasteiger partial charge on any atom is 0.326 e. The average molecular weight is 475 g/mol. The van der Waals surface area contributed by atoms with Gasteiger partial charge in [-0.1, -0.05) is 39.8 Å². The lowest BCUT2D eigenvalue weighted by atomic mass is 9.54. The number of amides is 4. The number of carbonyl (C=O) groups excluding carboxylic acids is 4. The molecule has 10 nitrogen and oxygen atoms in total. The molecule has 2 heterocycles. The summed E-state index contributed by atoms with van der Waals surface area (Å²) in [6.07, 6.45) is 3.55. The summed E-state index contributed by atoms with van der Waals surface area (Å²) >= 11 is 0. The van der Waals surface area contributed by atoms with Crippen LogP contribution in [0.2, 0.25) is 0 Å². The van der Waals surface area contributed by atoms with Gasteiger partial charge in [0.05, 0.1) is 23.7 Å². The lowest BCUT2D eigenvalue weighted by molar-refractivity contribution is -0.156. The SMILES string of the molecule is CC(C)C[C@@H](C(=O)O)N1C(=O)[C@@H]2C3C=CC([C@H]4C(=O)N([C@@H](CC(C)C)C(=O)O)C(=O)[C@@H]34)[C@@H]2C1=O. The van der Waals surface area contributed by atoms with E-state index in [4.69, 9.17) is 0 Å². The third kappa shape index (κ3) is 3.37. The highest BCUT2D eigenvalue weighted by atomic mass is 16.4. The molecule has 4 amide bonds. The van der Waals surface area contributed by atoms with Gasteiger partial charge in [-0.2, -0.15) is 0 Å². The van der Waals surface area contributed by atoms with E-state index >= 15 is 0 Å². The number of allylic oxidation sites excluding steroid dienone is 2. The molecule has 0 aromatic rings. The normalized spacial score (nSPS) is 33.7. The first-order valence-corrected chi connectivity index (χ1v) is 11.8. The smallest absolute Gasteiger partial charge is 0.326 e. The number of hydrogen-bond acceptors (Lipinski definition) is 6. The molecule has 2 saturated heterocycles. The lowest BCUT2D eigenvalue weighted by Crippen LogP contribution is -2.50. The molecule has 1 saturated carbocycles. The van der Waals surface area contributed by atoms with Crippen molar-refractivity contribution in [1.29, 1.82) is 0 Å². The van der Waals surface area contributed by atoms with Gasteiger partial charge in [0.25, 0.3) is 0 Å². The number of imide groups is 2. The molecule has 3 fully saturated rings. The molecule has 5 aliphatic rings. The van der Waals surface area contributed by atoms with Gasteiger partial charge in [-0.25, -0.2) is 9.59 Å². The number of hydrogen-bond donors (Lipinski definition) is 2. The van der Waals surface area contributed by atoms with E-state index in [1.54, 1.807) is 39.8 Å². The number of carbonyl (C=O) groups is 6. The fourth-order valence-corrected chi connectivity index (χ4v) is 6.41. The molecule has 2 unspecified atom stereocenters. The first-order chi connectivity index (χ1) is 15.9. The van der Waals surface area contributed by atoms with Crippen molar-refractivity contribution in [3.8, 4) is 0 Å². The minimum atomic E-state index is -1.31. The Morgan fingerprint density at radius 3 is 1.15 bits per heavy atom. The summed E-state index contributed by atoms with van der Waals surface area (Å²) in [6, 6.07) is -2.62. The van der Waals surface area contributed by atoms with Crippen LogP contribution in [0.5, 0.6) is 0 Å². The Hall–Kier alpha value is -3.04. The van der Waals surface area contributed by atoms with E-state index in [1.165, 1.54) is 0 Å². The zero-order valence-electron chi connectivity index (χ0n) is 19.6. The number of nitrogens with zero attached hydrogens (tertiary/aromatic N) is 2. The van der Waals surface area contributed by atoms with E-state index in [2.05, 4.69) is 0 Å². The van der Waals surface area contributed by atoms with Crippen molar-refractivity contribution in [2.24, 2.45) is 47.3 Å². The maximum atomic E-state index is 13.4. The average Bonchev–Trinajstić information content (AvgIpc) is 3.17. The van der Waals surface area contributed by atoms with Gasteiger partial charge in [0.1, 0.15) is 12.1 Å². The fraction of sp³-hybridized carbons (Fsp3) is 0.667. The van der Waals surface area contributed by atoms with Crippen LogP contribution in [0.1, 0.15) is 40.5 Å². The second-order valence-corrected chi connectivity index (χ2v) is 10.7. The van der Waals surface area contributed by atoms with Gasteiger partial charge >= 0.3 is 11.9 Å². The molecule has 0 radical (unpaired) electrons. The van der Waals surface area contributed by atoms with E-state index in [9.17, 15) is 39.0 Å². The first-order valence-electron chi connectivity index (χ1n) is 11.8. The molecule has 8 atom stereocenters.